The number of hydrogen-bond acceptors (Lipinski definition) is 5. The number of piperidine rings is 1. The van der Waals surface area contributed by atoms with E-state index in [-0.39, 0.29) is 18.0 Å². The average molecular weight is 385 g/mol. The number of likely N-dealkylation sites (tertiary alicyclic amines) is 1. The summed E-state index contributed by atoms with van der Waals surface area (Å²) in [7, 11) is 2.99. The molecular weight excluding hydrogens is 362 g/mol. The van der Waals surface area contributed by atoms with Crippen LogP contribution in [0.4, 0.5) is 0 Å². The number of amides is 1. The molecule has 1 amide bonds. The Bertz CT molecular complexity index is 1110. The highest BCUT2D eigenvalue weighted by Crippen LogP contribution is 2.19. The highest BCUT2D eigenvalue weighted by molar-refractivity contribution is 5.79. The van der Waals surface area contributed by atoms with Crippen LogP contribution < -0.4 is 11.2 Å². The third-order valence-corrected chi connectivity index (χ3v) is 5.52. The van der Waals surface area contributed by atoms with Gasteiger partial charge >= 0.3 is 5.69 Å². The van der Waals surface area contributed by atoms with E-state index in [4.69, 9.17) is 0 Å². The number of aromatic nitrogens is 6. The molecule has 28 heavy (non-hydrogen) atoms. The summed E-state index contributed by atoms with van der Waals surface area (Å²) in [6.07, 6.45) is 8.87. The first kappa shape index (κ1) is 18.2. The lowest BCUT2D eigenvalue weighted by Crippen LogP contribution is -2.41. The van der Waals surface area contributed by atoms with Crippen molar-refractivity contribution in [2.75, 3.05) is 13.1 Å². The zero-order valence-corrected chi connectivity index (χ0v) is 16.0. The molecule has 0 unspecified atom stereocenters. The summed E-state index contributed by atoms with van der Waals surface area (Å²) in [5.41, 5.74) is -0.315. The van der Waals surface area contributed by atoms with Crippen LogP contribution in [0.15, 0.2) is 34.6 Å². The number of fused-ring (bicyclic) bond motifs is 1. The second-order valence-electron chi connectivity index (χ2n) is 7.33. The Kier molecular flexibility index (Phi) is 4.62. The van der Waals surface area contributed by atoms with Crippen molar-refractivity contribution in [3.8, 4) is 0 Å². The molecule has 1 saturated heterocycles. The molecule has 0 saturated carbocycles. The first-order valence-electron chi connectivity index (χ1n) is 9.30. The van der Waals surface area contributed by atoms with Gasteiger partial charge in [-0.25, -0.2) is 14.8 Å². The van der Waals surface area contributed by atoms with Crippen LogP contribution in [-0.2, 0) is 32.0 Å². The highest BCUT2D eigenvalue weighted by Gasteiger charge is 2.24. The predicted molar refractivity (Wildman–Crippen MR) is 102 cm³/mol. The van der Waals surface area contributed by atoms with Gasteiger partial charge in [-0.05, 0) is 18.8 Å². The summed E-state index contributed by atoms with van der Waals surface area (Å²) in [5, 5.41) is 0. The molecule has 10 nitrogen and oxygen atoms in total. The zero-order chi connectivity index (χ0) is 19.8. The number of carbonyl (C=O) groups excluding carboxylic acids is 1. The lowest BCUT2D eigenvalue weighted by molar-refractivity contribution is -0.133. The van der Waals surface area contributed by atoms with Gasteiger partial charge in [-0.2, -0.15) is 0 Å². The Balaban J connectivity index is 1.46. The van der Waals surface area contributed by atoms with Gasteiger partial charge in [0.2, 0.25) is 5.91 Å². The van der Waals surface area contributed by atoms with Gasteiger partial charge < -0.3 is 14.0 Å². The molecule has 0 N–H and O–H groups in total. The van der Waals surface area contributed by atoms with Crippen molar-refractivity contribution < 1.29 is 4.79 Å². The average Bonchev–Trinajstić information content (AvgIpc) is 3.35. The van der Waals surface area contributed by atoms with E-state index in [0.29, 0.717) is 24.7 Å². The maximum Gasteiger partial charge on any atom is 0.332 e. The predicted octanol–water partition coefficient (Wildman–Crippen LogP) is -0.431. The van der Waals surface area contributed by atoms with Gasteiger partial charge in [0, 0.05) is 46.1 Å². The standard InChI is InChI=1S/C18H23N7O3/c1-21-16-15(17(27)22(2)18(21)28)25(12-20-16)10-14(26)24-6-3-13(4-7-24)9-23-8-5-19-11-23/h5,8,11-13H,3-4,6-7,9-10H2,1-2H3. The van der Waals surface area contributed by atoms with Crippen LogP contribution in [0.5, 0.6) is 0 Å². The van der Waals surface area contributed by atoms with Crippen LogP contribution in [0.2, 0.25) is 0 Å². The minimum absolute atomic E-state index is 0.0378. The van der Waals surface area contributed by atoms with Gasteiger partial charge in [-0.3, -0.25) is 18.7 Å². The van der Waals surface area contributed by atoms with E-state index in [2.05, 4.69) is 14.5 Å². The smallest absolute Gasteiger partial charge is 0.332 e. The molecule has 0 atom stereocenters. The lowest BCUT2D eigenvalue weighted by Gasteiger charge is -2.32. The molecule has 1 aliphatic heterocycles. The SMILES string of the molecule is Cn1c(=O)c2c(ncn2CC(=O)N2CCC(Cn3ccnc3)CC2)n(C)c1=O. The zero-order valence-electron chi connectivity index (χ0n) is 16.0. The number of rotatable bonds is 4. The molecule has 10 heteroatoms. The van der Waals surface area contributed by atoms with Crippen molar-refractivity contribution >= 4 is 17.1 Å². The van der Waals surface area contributed by atoms with Crippen LogP contribution in [-0.4, -0.2) is 52.1 Å². The molecule has 148 valence electrons. The minimum Gasteiger partial charge on any atom is -0.341 e. The third-order valence-electron chi connectivity index (χ3n) is 5.52. The van der Waals surface area contributed by atoms with E-state index in [1.54, 1.807) is 13.2 Å². The molecule has 3 aromatic rings. The number of aryl methyl sites for hydroxylation is 1. The fourth-order valence-electron chi connectivity index (χ4n) is 3.82. The van der Waals surface area contributed by atoms with E-state index in [0.717, 1.165) is 24.0 Å². The molecule has 1 aliphatic rings. The maximum atomic E-state index is 12.8. The van der Waals surface area contributed by atoms with Crippen molar-refractivity contribution in [2.45, 2.75) is 25.9 Å². The second kappa shape index (κ2) is 7.10. The quantitative estimate of drug-likeness (QED) is 0.607. The summed E-state index contributed by atoms with van der Waals surface area (Å²) in [5.74, 6) is 0.477. The van der Waals surface area contributed by atoms with Gasteiger partial charge in [0.15, 0.2) is 11.2 Å². The molecule has 4 heterocycles. The fourth-order valence-corrected chi connectivity index (χ4v) is 3.82. The Morgan fingerprint density at radius 2 is 1.89 bits per heavy atom. The Morgan fingerprint density at radius 1 is 1.14 bits per heavy atom. The number of carbonyl (C=O) groups is 1. The number of nitrogens with zero attached hydrogens (tertiary/aromatic N) is 7. The Morgan fingerprint density at radius 3 is 2.57 bits per heavy atom. The fraction of sp³-hybridized carbons (Fsp3) is 0.500. The number of hydrogen-bond donors (Lipinski definition) is 0. The van der Waals surface area contributed by atoms with E-state index >= 15 is 0 Å². The normalized spacial score (nSPS) is 15.4. The highest BCUT2D eigenvalue weighted by atomic mass is 16.2. The lowest BCUT2D eigenvalue weighted by atomic mass is 9.96. The summed E-state index contributed by atoms with van der Waals surface area (Å²) in [6, 6.07) is 0. The van der Waals surface area contributed by atoms with Crippen LogP contribution >= 0.6 is 0 Å². The van der Waals surface area contributed by atoms with Crippen LogP contribution in [0.25, 0.3) is 11.2 Å². The van der Waals surface area contributed by atoms with E-state index < -0.39 is 11.2 Å². The second-order valence-corrected chi connectivity index (χ2v) is 7.33. The van der Waals surface area contributed by atoms with Crippen molar-refractivity contribution in [1.29, 1.82) is 0 Å². The van der Waals surface area contributed by atoms with Gasteiger partial charge in [0.25, 0.3) is 5.56 Å². The van der Waals surface area contributed by atoms with Crippen LogP contribution in [0.3, 0.4) is 0 Å². The molecular formula is C18H23N7O3. The summed E-state index contributed by atoms with van der Waals surface area (Å²) < 4.78 is 5.96. The van der Waals surface area contributed by atoms with Gasteiger partial charge in [-0.15, -0.1) is 0 Å². The first-order chi connectivity index (χ1) is 13.5. The molecule has 1 fully saturated rings. The van der Waals surface area contributed by atoms with Crippen LogP contribution in [0.1, 0.15) is 12.8 Å². The molecule has 0 spiro atoms. The van der Waals surface area contributed by atoms with Crippen LogP contribution in [0, 0.1) is 5.92 Å². The van der Waals surface area contributed by atoms with Crippen molar-refractivity contribution in [3.05, 3.63) is 45.9 Å². The third kappa shape index (κ3) is 3.14. The Labute approximate surface area is 160 Å². The van der Waals surface area contributed by atoms with Crippen molar-refractivity contribution in [3.63, 3.8) is 0 Å². The van der Waals surface area contributed by atoms with E-state index in [1.807, 2.05) is 17.4 Å². The van der Waals surface area contributed by atoms with Gasteiger partial charge in [0.05, 0.1) is 12.7 Å². The number of imidazole rings is 2. The monoisotopic (exact) mass is 385 g/mol. The van der Waals surface area contributed by atoms with E-state index in [9.17, 15) is 14.4 Å². The van der Waals surface area contributed by atoms with Gasteiger partial charge in [0.1, 0.15) is 6.54 Å². The topological polar surface area (TPSA) is 99.9 Å². The first-order valence-corrected chi connectivity index (χ1v) is 9.30. The molecule has 0 aromatic carbocycles. The van der Waals surface area contributed by atoms with Crippen molar-refractivity contribution in [1.82, 2.24) is 33.1 Å². The Hall–Kier alpha value is -3.17. The molecule has 0 aliphatic carbocycles. The van der Waals surface area contributed by atoms with Gasteiger partial charge in [-0.1, -0.05) is 0 Å². The largest absolute Gasteiger partial charge is 0.341 e. The molecule has 0 bridgehead atoms. The molecule has 0 radical (unpaired) electrons. The summed E-state index contributed by atoms with van der Waals surface area (Å²) >= 11 is 0. The summed E-state index contributed by atoms with van der Waals surface area (Å²) in [6.45, 7) is 2.34. The maximum absolute atomic E-state index is 12.8. The van der Waals surface area contributed by atoms with Crippen molar-refractivity contribution in [2.24, 2.45) is 20.0 Å². The minimum atomic E-state index is -0.442. The summed E-state index contributed by atoms with van der Waals surface area (Å²) in [4.78, 5) is 47.3. The molecule has 4 rings (SSSR count). The van der Waals surface area contributed by atoms with E-state index in [1.165, 1.54) is 22.5 Å². The molecule has 3 aromatic heterocycles.